The average molecular weight is 234 g/mol. The molecule has 0 aliphatic heterocycles. The third-order valence-electron chi connectivity index (χ3n) is 2.88. The van der Waals surface area contributed by atoms with Crippen LogP contribution in [-0.2, 0) is 4.79 Å². The van der Waals surface area contributed by atoms with Gasteiger partial charge in [0.1, 0.15) is 0 Å². The van der Waals surface area contributed by atoms with E-state index >= 15 is 0 Å². The van der Waals surface area contributed by atoms with Gasteiger partial charge in [-0.25, -0.2) is 0 Å². The van der Waals surface area contributed by atoms with Crippen molar-refractivity contribution >= 4 is 11.6 Å². The zero-order valence-corrected chi connectivity index (χ0v) is 10.9. The standard InChI is InChI=1S/C14H22N2O/c1-11(2)12(3)15-10-9-14(17)16-13-7-5-4-6-8-13/h4-8,11-12,15H,9-10H2,1-3H3,(H,16,17). The number of hydrogen-bond donors (Lipinski definition) is 2. The van der Waals surface area contributed by atoms with Crippen molar-refractivity contribution < 1.29 is 4.79 Å². The molecule has 1 unspecified atom stereocenters. The summed E-state index contributed by atoms with van der Waals surface area (Å²) in [5.74, 6) is 0.645. The molecule has 1 rings (SSSR count). The Morgan fingerprint density at radius 3 is 2.41 bits per heavy atom. The van der Waals surface area contributed by atoms with E-state index in [1.165, 1.54) is 0 Å². The van der Waals surface area contributed by atoms with Gasteiger partial charge in [0.05, 0.1) is 0 Å². The SMILES string of the molecule is CC(C)C(C)NCCC(=O)Nc1ccccc1. The number of amides is 1. The molecule has 1 atom stereocenters. The molecule has 0 saturated heterocycles. The predicted molar refractivity (Wildman–Crippen MR) is 72.0 cm³/mol. The molecule has 3 nitrogen and oxygen atoms in total. The Kier molecular flexibility index (Phi) is 5.70. The van der Waals surface area contributed by atoms with Gasteiger partial charge in [-0.3, -0.25) is 4.79 Å². The van der Waals surface area contributed by atoms with E-state index in [4.69, 9.17) is 0 Å². The highest BCUT2D eigenvalue weighted by Crippen LogP contribution is 2.05. The predicted octanol–water partition coefficient (Wildman–Crippen LogP) is 2.65. The molecule has 0 heterocycles. The molecule has 0 radical (unpaired) electrons. The number of carbonyl (C=O) groups excluding carboxylic acids is 1. The summed E-state index contributed by atoms with van der Waals surface area (Å²) in [6.07, 6.45) is 0.506. The Hall–Kier alpha value is -1.35. The van der Waals surface area contributed by atoms with Crippen molar-refractivity contribution in [3.05, 3.63) is 30.3 Å². The molecule has 0 fully saturated rings. The van der Waals surface area contributed by atoms with E-state index in [1.54, 1.807) is 0 Å². The van der Waals surface area contributed by atoms with Crippen molar-refractivity contribution in [2.24, 2.45) is 5.92 Å². The molecule has 2 N–H and O–H groups in total. The first-order valence-electron chi connectivity index (χ1n) is 6.18. The molecule has 0 aromatic heterocycles. The second kappa shape index (κ2) is 7.07. The summed E-state index contributed by atoms with van der Waals surface area (Å²) in [6.45, 7) is 7.20. The number of para-hydroxylation sites is 1. The molecule has 3 heteroatoms. The van der Waals surface area contributed by atoms with Crippen molar-refractivity contribution in [1.82, 2.24) is 5.32 Å². The molecule has 0 saturated carbocycles. The summed E-state index contributed by atoms with van der Waals surface area (Å²) in [4.78, 5) is 11.6. The van der Waals surface area contributed by atoms with Crippen LogP contribution in [0.5, 0.6) is 0 Å². The van der Waals surface area contributed by atoms with Crippen LogP contribution in [-0.4, -0.2) is 18.5 Å². The lowest BCUT2D eigenvalue weighted by Gasteiger charge is -2.17. The molecular weight excluding hydrogens is 212 g/mol. The van der Waals surface area contributed by atoms with Crippen LogP contribution in [0.15, 0.2) is 30.3 Å². The number of rotatable bonds is 6. The van der Waals surface area contributed by atoms with Crippen LogP contribution in [0.25, 0.3) is 0 Å². The largest absolute Gasteiger partial charge is 0.326 e. The lowest BCUT2D eigenvalue weighted by Crippen LogP contribution is -2.33. The Bertz CT molecular complexity index is 335. The summed E-state index contributed by atoms with van der Waals surface area (Å²) in [5, 5.41) is 6.20. The van der Waals surface area contributed by atoms with Gasteiger partial charge in [-0.1, -0.05) is 32.0 Å². The van der Waals surface area contributed by atoms with Crippen LogP contribution in [0, 0.1) is 5.92 Å². The van der Waals surface area contributed by atoms with Crippen LogP contribution in [0.2, 0.25) is 0 Å². The minimum absolute atomic E-state index is 0.0552. The van der Waals surface area contributed by atoms with E-state index in [0.29, 0.717) is 18.4 Å². The number of benzene rings is 1. The lowest BCUT2D eigenvalue weighted by atomic mass is 10.1. The van der Waals surface area contributed by atoms with E-state index in [9.17, 15) is 4.79 Å². The molecule has 0 aliphatic rings. The van der Waals surface area contributed by atoms with Gasteiger partial charge in [-0.05, 0) is 25.0 Å². The Morgan fingerprint density at radius 2 is 1.82 bits per heavy atom. The van der Waals surface area contributed by atoms with Gasteiger partial charge in [0.15, 0.2) is 0 Å². The van der Waals surface area contributed by atoms with E-state index in [1.807, 2.05) is 30.3 Å². The van der Waals surface area contributed by atoms with Crippen LogP contribution in [0.1, 0.15) is 27.2 Å². The maximum atomic E-state index is 11.6. The van der Waals surface area contributed by atoms with E-state index < -0.39 is 0 Å². The highest BCUT2D eigenvalue weighted by Gasteiger charge is 2.07. The normalized spacial score (nSPS) is 12.5. The van der Waals surface area contributed by atoms with E-state index in [-0.39, 0.29) is 5.91 Å². The first kappa shape index (κ1) is 13.7. The van der Waals surface area contributed by atoms with Gasteiger partial charge in [0.2, 0.25) is 5.91 Å². The number of carbonyl (C=O) groups is 1. The minimum atomic E-state index is 0.0552. The highest BCUT2D eigenvalue weighted by molar-refractivity contribution is 5.90. The first-order chi connectivity index (χ1) is 8.09. The van der Waals surface area contributed by atoms with Crippen molar-refractivity contribution in [3.8, 4) is 0 Å². The molecular formula is C14H22N2O. The molecule has 94 valence electrons. The van der Waals surface area contributed by atoms with Gasteiger partial charge >= 0.3 is 0 Å². The number of nitrogens with one attached hydrogen (secondary N) is 2. The quantitative estimate of drug-likeness (QED) is 0.794. The Morgan fingerprint density at radius 1 is 1.18 bits per heavy atom. The molecule has 1 aromatic rings. The van der Waals surface area contributed by atoms with Crippen molar-refractivity contribution in [1.29, 1.82) is 0 Å². The summed E-state index contributed by atoms with van der Waals surface area (Å²) < 4.78 is 0. The van der Waals surface area contributed by atoms with Gasteiger partial charge in [0, 0.05) is 24.7 Å². The zero-order chi connectivity index (χ0) is 12.7. The lowest BCUT2D eigenvalue weighted by molar-refractivity contribution is -0.116. The van der Waals surface area contributed by atoms with Gasteiger partial charge in [-0.15, -0.1) is 0 Å². The second-order valence-electron chi connectivity index (χ2n) is 4.65. The first-order valence-corrected chi connectivity index (χ1v) is 6.18. The molecule has 1 aromatic carbocycles. The fraction of sp³-hybridized carbons (Fsp3) is 0.500. The maximum Gasteiger partial charge on any atom is 0.225 e. The molecule has 0 aliphatic carbocycles. The average Bonchev–Trinajstić information content (AvgIpc) is 2.30. The molecule has 0 spiro atoms. The van der Waals surface area contributed by atoms with E-state index in [0.717, 1.165) is 12.2 Å². The Balaban J connectivity index is 2.22. The van der Waals surface area contributed by atoms with Crippen LogP contribution in [0.4, 0.5) is 5.69 Å². The van der Waals surface area contributed by atoms with Gasteiger partial charge in [-0.2, -0.15) is 0 Å². The zero-order valence-electron chi connectivity index (χ0n) is 10.9. The molecule has 0 bridgehead atoms. The second-order valence-corrected chi connectivity index (χ2v) is 4.65. The Labute approximate surface area is 104 Å². The van der Waals surface area contributed by atoms with Crippen molar-refractivity contribution in [2.75, 3.05) is 11.9 Å². The fourth-order valence-electron chi connectivity index (χ4n) is 1.39. The molecule has 17 heavy (non-hydrogen) atoms. The topological polar surface area (TPSA) is 41.1 Å². The fourth-order valence-corrected chi connectivity index (χ4v) is 1.39. The van der Waals surface area contributed by atoms with Crippen LogP contribution < -0.4 is 10.6 Å². The third-order valence-corrected chi connectivity index (χ3v) is 2.88. The van der Waals surface area contributed by atoms with Crippen molar-refractivity contribution in [2.45, 2.75) is 33.2 Å². The smallest absolute Gasteiger partial charge is 0.225 e. The third kappa shape index (κ3) is 5.50. The highest BCUT2D eigenvalue weighted by atomic mass is 16.1. The number of anilines is 1. The summed E-state index contributed by atoms with van der Waals surface area (Å²) in [6, 6.07) is 9.98. The van der Waals surface area contributed by atoms with Crippen molar-refractivity contribution in [3.63, 3.8) is 0 Å². The van der Waals surface area contributed by atoms with Crippen LogP contribution >= 0.6 is 0 Å². The summed E-state index contributed by atoms with van der Waals surface area (Å²) >= 11 is 0. The maximum absolute atomic E-state index is 11.6. The molecule has 1 amide bonds. The van der Waals surface area contributed by atoms with Crippen LogP contribution in [0.3, 0.4) is 0 Å². The summed E-state index contributed by atoms with van der Waals surface area (Å²) in [7, 11) is 0. The van der Waals surface area contributed by atoms with Gasteiger partial charge < -0.3 is 10.6 Å². The number of hydrogen-bond acceptors (Lipinski definition) is 2. The summed E-state index contributed by atoms with van der Waals surface area (Å²) in [5.41, 5.74) is 0.856. The minimum Gasteiger partial charge on any atom is -0.326 e. The van der Waals surface area contributed by atoms with Gasteiger partial charge in [0.25, 0.3) is 0 Å². The van der Waals surface area contributed by atoms with E-state index in [2.05, 4.69) is 31.4 Å². The monoisotopic (exact) mass is 234 g/mol.